The highest BCUT2D eigenvalue weighted by Gasteiger charge is 2.29. The van der Waals surface area contributed by atoms with Gasteiger partial charge in [-0.15, -0.1) is 0 Å². The van der Waals surface area contributed by atoms with Crippen LogP contribution in [0.5, 0.6) is 0 Å². The highest BCUT2D eigenvalue weighted by atomic mass is 79.9. The number of esters is 2. The zero-order chi connectivity index (χ0) is 25.8. The molecule has 2 aliphatic rings. The van der Waals surface area contributed by atoms with Crippen molar-refractivity contribution >= 4 is 45.3 Å². The van der Waals surface area contributed by atoms with E-state index in [1.54, 1.807) is 28.2 Å². The summed E-state index contributed by atoms with van der Waals surface area (Å²) in [6, 6.07) is 5.65. The molecular formula is C25H30BrN3O6. The molecule has 0 unspecified atom stereocenters. The van der Waals surface area contributed by atoms with Gasteiger partial charge in [0, 0.05) is 42.5 Å². The van der Waals surface area contributed by atoms with Crippen molar-refractivity contribution in [1.29, 1.82) is 0 Å². The van der Waals surface area contributed by atoms with E-state index in [1.165, 1.54) is 20.3 Å². The molecule has 0 N–H and O–H groups in total. The van der Waals surface area contributed by atoms with Crippen molar-refractivity contribution < 1.29 is 28.6 Å². The molecule has 1 saturated heterocycles. The van der Waals surface area contributed by atoms with E-state index < -0.39 is 17.5 Å². The number of hydrogen-bond acceptors (Lipinski definition) is 8. The second-order valence-electron chi connectivity index (χ2n) is 8.91. The van der Waals surface area contributed by atoms with Crippen LogP contribution in [-0.4, -0.2) is 68.9 Å². The summed E-state index contributed by atoms with van der Waals surface area (Å²) in [4.78, 5) is 42.8. The average Bonchev–Trinajstić information content (AvgIpc) is 3.05. The van der Waals surface area contributed by atoms with Gasteiger partial charge in [0.1, 0.15) is 11.3 Å². The number of halogens is 1. The Bertz CT molecular complexity index is 1080. The van der Waals surface area contributed by atoms with Gasteiger partial charge < -0.3 is 28.9 Å². The number of methoxy groups -OCH3 is 2. The molecule has 1 aromatic rings. The van der Waals surface area contributed by atoms with Crippen LogP contribution in [0, 0.1) is 0 Å². The van der Waals surface area contributed by atoms with Gasteiger partial charge in [0.15, 0.2) is 0 Å². The molecular weight excluding hydrogens is 518 g/mol. The predicted octanol–water partition coefficient (Wildman–Crippen LogP) is 4.00. The molecule has 9 nitrogen and oxygen atoms in total. The third kappa shape index (κ3) is 6.25. The quantitative estimate of drug-likeness (QED) is 0.413. The second-order valence-corrected chi connectivity index (χ2v) is 9.76. The number of rotatable bonds is 4. The minimum Gasteiger partial charge on any atom is -0.465 e. The van der Waals surface area contributed by atoms with Crippen LogP contribution in [0.3, 0.4) is 0 Å². The van der Waals surface area contributed by atoms with Crippen molar-refractivity contribution in [2.24, 2.45) is 0 Å². The minimum atomic E-state index is -0.667. The van der Waals surface area contributed by atoms with Crippen molar-refractivity contribution in [3.63, 3.8) is 0 Å². The number of ether oxygens (including phenoxy) is 3. The van der Waals surface area contributed by atoms with Gasteiger partial charge in [0.2, 0.25) is 0 Å². The molecule has 1 fully saturated rings. The van der Waals surface area contributed by atoms with Crippen LogP contribution in [0.15, 0.2) is 58.4 Å². The van der Waals surface area contributed by atoms with Crippen LogP contribution in [-0.2, 0) is 23.8 Å². The summed E-state index contributed by atoms with van der Waals surface area (Å²) in [7, 11) is 2.52. The van der Waals surface area contributed by atoms with E-state index >= 15 is 0 Å². The summed E-state index contributed by atoms with van der Waals surface area (Å²) in [5.41, 5.74) is 1.20. The smallest absolute Gasteiger partial charge is 0.410 e. The average molecular weight is 548 g/mol. The van der Waals surface area contributed by atoms with Crippen molar-refractivity contribution in [3.8, 4) is 0 Å². The number of piperazine rings is 1. The molecule has 2 aliphatic heterocycles. The molecule has 0 saturated carbocycles. The van der Waals surface area contributed by atoms with Gasteiger partial charge in [-0.25, -0.2) is 14.4 Å². The Balaban J connectivity index is 1.83. The number of carbonyl (C=O) groups is 3. The van der Waals surface area contributed by atoms with Gasteiger partial charge in [-0.05, 0) is 67.1 Å². The van der Waals surface area contributed by atoms with Gasteiger partial charge in [-0.2, -0.15) is 0 Å². The fraction of sp³-hybridized carbons (Fsp3) is 0.400. The SMILES string of the molecule is COC(=O)C1=C(C(=O)OC)N(c2ccc(N3CCN(C(=O)OC(C)(C)C)CC3)c(Br)c2)C=CC=C1. The largest absolute Gasteiger partial charge is 0.465 e. The first kappa shape index (κ1) is 26.3. The van der Waals surface area contributed by atoms with Crippen molar-refractivity contribution in [2.45, 2.75) is 26.4 Å². The van der Waals surface area contributed by atoms with Crippen LogP contribution in [0.25, 0.3) is 0 Å². The standard InChI is InChI=1S/C25H30BrN3O6/c1-25(2,3)35-24(32)28-14-12-27(13-15-28)20-10-9-17(16-19(20)26)29-11-7-6-8-18(22(30)33-4)21(29)23(31)34-5/h6-11,16H,12-15H2,1-5H3. The van der Waals surface area contributed by atoms with Crippen molar-refractivity contribution in [1.82, 2.24) is 4.90 Å². The van der Waals surface area contributed by atoms with Crippen LogP contribution in [0.4, 0.5) is 16.2 Å². The third-order valence-corrected chi connectivity index (χ3v) is 6.01. The molecule has 1 amide bonds. The summed E-state index contributed by atoms with van der Waals surface area (Å²) in [6.45, 7) is 7.93. The highest BCUT2D eigenvalue weighted by molar-refractivity contribution is 9.10. The topological polar surface area (TPSA) is 88.6 Å². The normalized spacial score (nSPS) is 16.2. The van der Waals surface area contributed by atoms with E-state index in [-0.39, 0.29) is 17.4 Å². The molecule has 0 spiro atoms. The Morgan fingerprint density at radius 2 is 1.60 bits per heavy atom. The van der Waals surface area contributed by atoms with Crippen LogP contribution < -0.4 is 9.80 Å². The summed E-state index contributed by atoms with van der Waals surface area (Å²) in [5.74, 6) is -1.31. The lowest BCUT2D eigenvalue weighted by atomic mass is 10.1. The molecule has 1 aromatic carbocycles. The molecule has 2 heterocycles. The Kier molecular flexibility index (Phi) is 8.26. The van der Waals surface area contributed by atoms with E-state index in [2.05, 4.69) is 20.8 Å². The van der Waals surface area contributed by atoms with Crippen LogP contribution in [0.2, 0.25) is 0 Å². The van der Waals surface area contributed by atoms with E-state index in [1.807, 2.05) is 39.0 Å². The first-order chi connectivity index (χ1) is 16.6. The first-order valence-corrected chi connectivity index (χ1v) is 11.9. The van der Waals surface area contributed by atoms with Gasteiger partial charge >= 0.3 is 18.0 Å². The van der Waals surface area contributed by atoms with Gasteiger partial charge in [-0.1, -0.05) is 6.08 Å². The molecule has 0 aliphatic carbocycles. The molecule has 0 radical (unpaired) electrons. The van der Waals surface area contributed by atoms with Gasteiger partial charge in [0.05, 0.1) is 25.5 Å². The van der Waals surface area contributed by atoms with Crippen LogP contribution in [0.1, 0.15) is 20.8 Å². The fourth-order valence-electron chi connectivity index (χ4n) is 3.72. The Morgan fingerprint density at radius 3 is 2.17 bits per heavy atom. The van der Waals surface area contributed by atoms with Gasteiger partial charge in [-0.3, -0.25) is 0 Å². The lowest BCUT2D eigenvalue weighted by molar-refractivity contribution is -0.139. The molecule has 188 valence electrons. The van der Waals surface area contributed by atoms with E-state index in [4.69, 9.17) is 14.2 Å². The summed E-state index contributed by atoms with van der Waals surface area (Å²) >= 11 is 3.65. The Morgan fingerprint density at radius 1 is 0.943 bits per heavy atom. The maximum absolute atomic E-state index is 12.6. The lowest BCUT2D eigenvalue weighted by Crippen LogP contribution is -2.50. The number of anilines is 2. The Labute approximate surface area is 213 Å². The Hall–Kier alpha value is -3.27. The first-order valence-electron chi connectivity index (χ1n) is 11.1. The zero-order valence-corrected chi connectivity index (χ0v) is 22.1. The molecule has 10 heteroatoms. The zero-order valence-electron chi connectivity index (χ0n) is 20.5. The summed E-state index contributed by atoms with van der Waals surface area (Å²) in [5, 5.41) is 0. The molecule has 0 aromatic heterocycles. The van der Waals surface area contributed by atoms with Crippen molar-refractivity contribution in [3.05, 3.63) is 58.4 Å². The van der Waals surface area contributed by atoms with Crippen molar-refractivity contribution in [2.75, 3.05) is 50.2 Å². The third-order valence-electron chi connectivity index (χ3n) is 5.37. The monoisotopic (exact) mass is 547 g/mol. The van der Waals surface area contributed by atoms with E-state index in [0.29, 0.717) is 31.9 Å². The van der Waals surface area contributed by atoms with Gasteiger partial charge in [0.25, 0.3) is 0 Å². The maximum atomic E-state index is 12.6. The number of allylic oxidation sites excluding steroid dienone is 2. The second kappa shape index (κ2) is 11.0. The highest BCUT2D eigenvalue weighted by Crippen LogP contribution is 2.34. The van der Waals surface area contributed by atoms with E-state index in [0.717, 1.165) is 10.2 Å². The fourth-order valence-corrected chi connectivity index (χ4v) is 4.34. The summed E-state index contributed by atoms with van der Waals surface area (Å²) in [6.07, 6.45) is 6.26. The number of hydrogen-bond donors (Lipinski definition) is 0. The molecule has 0 atom stereocenters. The van der Waals surface area contributed by atoms with E-state index in [9.17, 15) is 14.4 Å². The number of amides is 1. The predicted molar refractivity (Wildman–Crippen MR) is 136 cm³/mol. The molecule has 35 heavy (non-hydrogen) atoms. The molecule has 3 rings (SSSR count). The van der Waals surface area contributed by atoms with Crippen LogP contribution >= 0.6 is 15.9 Å². The maximum Gasteiger partial charge on any atom is 0.410 e. The lowest BCUT2D eigenvalue weighted by Gasteiger charge is -2.37. The number of nitrogens with zero attached hydrogens (tertiary/aromatic N) is 3. The number of benzene rings is 1. The minimum absolute atomic E-state index is 0.0509. The molecule has 0 bridgehead atoms. The number of carbonyl (C=O) groups excluding carboxylic acids is 3. The summed E-state index contributed by atoms with van der Waals surface area (Å²) < 4.78 is 16.1.